The molecule has 7 heteroatoms. The minimum Gasteiger partial charge on any atom is -0.393 e. The zero-order valence-corrected chi connectivity index (χ0v) is 21.8. The topological polar surface area (TPSA) is 86.2 Å². The molecule has 0 atom stereocenters. The molecule has 0 bridgehead atoms. The van der Waals surface area contributed by atoms with Crippen LogP contribution >= 0.6 is 0 Å². The number of nitrogens with one attached hydrogen (secondary N) is 2. The molecule has 4 rings (SSSR count). The molecule has 0 amide bonds. The van der Waals surface area contributed by atoms with Gasteiger partial charge in [-0.05, 0) is 95.3 Å². The monoisotopic (exact) mass is 480 g/mol. The van der Waals surface area contributed by atoms with Crippen LogP contribution in [0, 0.1) is 5.92 Å². The van der Waals surface area contributed by atoms with Gasteiger partial charge < -0.3 is 20.6 Å². The van der Waals surface area contributed by atoms with Gasteiger partial charge in [0.25, 0.3) is 0 Å². The highest BCUT2D eigenvalue weighted by Gasteiger charge is 2.24. The average molecular weight is 481 g/mol. The van der Waals surface area contributed by atoms with E-state index in [1.54, 1.807) is 0 Å². The molecular weight excluding hydrogens is 436 g/mol. The van der Waals surface area contributed by atoms with Crippen molar-refractivity contribution in [3.63, 3.8) is 0 Å². The van der Waals surface area contributed by atoms with E-state index in [1.165, 1.54) is 37.8 Å². The lowest BCUT2D eigenvalue weighted by atomic mass is 9.79. The zero-order chi connectivity index (χ0) is 24.6. The predicted molar refractivity (Wildman–Crippen MR) is 144 cm³/mol. The van der Waals surface area contributed by atoms with Gasteiger partial charge in [-0.2, -0.15) is 4.98 Å². The van der Waals surface area contributed by atoms with Crippen molar-refractivity contribution in [3.8, 4) is 11.3 Å². The Balaban J connectivity index is 1.47. The Kier molecular flexibility index (Phi) is 9.32. The van der Waals surface area contributed by atoms with Crippen LogP contribution in [0.25, 0.3) is 11.3 Å². The molecule has 192 valence electrons. The second-order valence-corrected chi connectivity index (χ2v) is 10.8. The zero-order valence-electron chi connectivity index (χ0n) is 21.8. The van der Waals surface area contributed by atoms with E-state index in [-0.39, 0.29) is 6.10 Å². The van der Waals surface area contributed by atoms with Crippen molar-refractivity contribution in [1.82, 2.24) is 19.9 Å². The van der Waals surface area contributed by atoms with Crippen molar-refractivity contribution < 1.29 is 5.11 Å². The second-order valence-electron chi connectivity index (χ2n) is 10.8. The maximum atomic E-state index is 9.90. The maximum absolute atomic E-state index is 9.90. The van der Waals surface area contributed by atoms with Crippen molar-refractivity contribution in [2.75, 3.05) is 37.8 Å². The van der Waals surface area contributed by atoms with Gasteiger partial charge in [-0.25, -0.2) is 4.98 Å². The summed E-state index contributed by atoms with van der Waals surface area (Å²) in [6.45, 7) is 4.25. The molecule has 3 N–H and O–H groups in total. The molecular formula is C28H44N6O. The van der Waals surface area contributed by atoms with E-state index in [0.717, 1.165) is 68.1 Å². The number of anilines is 2. The number of hydrogen-bond donors (Lipinski definition) is 3. The van der Waals surface area contributed by atoms with E-state index in [1.807, 2.05) is 6.20 Å². The average Bonchev–Trinajstić information content (AvgIpc) is 2.86. The molecule has 2 heterocycles. The van der Waals surface area contributed by atoms with Gasteiger partial charge in [0.2, 0.25) is 5.95 Å². The maximum Gasteiger partial charge on any atom is 0.224 e. The summed E-state index contributed by atoms with van der Waals surface area (Å²) in [6.07, 6.45) is 14.7. The molecule has 2 aliphatic carbocycles. The van der Waals surface area contributed by atoms with Crippen molar-refractivity contribution >= 4 is 11.8 Å². The Hall–Kier alpha value is -2.25. The smallest absolute Gasteiger partial charge is 0.224 e. The highest BCUT2D eigenvalue weighted by molar-refractivity contribution is 5.73. The lowest BCUT2D eigenvalue weighted by Crippen LogP contribution is -2.29. The number of aromatic nitrogens is 3. The van der Waals surface area contributed by atoms with Crippen LogP contribution < -0.4 is 10.6 Å². The first kappa shape index (κ1) is 25.8. The van der Waals surface area contributed by atoms with Gasteiger partial charge in [0.15, 0.2) is 0 Å². The lowest BCUT2D eigenvalue weighted by Gasteiger charge is -2.30. The van der Waals surface area contributed by atoms with Crippen molar-refractivity contribution in [2.45, 2.75) is 89.2 Å². The number of aliphatic hydroxyl groups is 1. The number of pyridine rings is 1. The van der Waals surface area contributed by atoms with Gasteiger partial charge in [0, 0.05) is 31.5 Å². The van der Waals surface area contributed by atoms with E-state index in [0.29, 0.717) is 17.9 Å². The molecule has 0 spiro atoms. The predicted octanol–water partition coefficient (Wildman–Crippen LogP) is 5.30. The Morgan fingerprint density at radius 1 is 0.971 bits per heavy atom. The molecule has 0 aromatic carbocycles. The summed E-state index contributed by atoms with van der Waals surface area (Å²) in [5.41, 5.74) is 3.21. The number of nitrogens with zero attached hydrogens (tertiary/aromatic N) is 4. The molecule has 2 aromatic rings. The number of unbranched alkanes of at least 4 members (excludes halogenated alkanes) is 1. The van der Waals surface area contributed by atoms with Crippen LogP contribution in [0.15, 0.2) is 24.5 Å². The molecule has 2 aromatic heterocycles. The number of rotatable bonds is 10. The van der Waals surface area contributed by atoms with Crippen LogP contribution in [0.1, 0.15) is 82.6 Å². The van der Waals surface area contributed by atoms with Crippen LogP contribution in [-0.2, 0) is 0 Å². The summed E-state index contributed by atoms with van der Waals surface area (Å²) in [5.74, 6) is 2.93. The van der Waals surface area contributed by atoms with Crippen LogP contribution in [0.4, 0.5) is 11.8 Å². The molecule has 0 unspecified atom stereocenters. The fourth-order valence-corrected chi connectivity index (χ4v) is 5.56. The Morgan fingerprint density at radius 2 is 1.74 bits per heavy atom. The van der Waals surface area contributed by atoms with Crippen molar-refractivity contribution in [1.29, 1.82) is 0 Å². The quantitative estimate of drug-likeness (QED) is 0.398. The summed E-state index contributed by atoms with van der Waals surface area (Å²) in [5, 5.41) is 16.9. The van der Waals surface area contributed by atoms with Crippen LogP contribution in [-0.4, -0.2) is 64.3 Å². The standard InChI is InChI=1S/C28H44N6O/c1-4-5-16-29-28-31-18-25(27(33-28)32-23-11-13-24(35)14-12-23)26-15-10-22(17-30-26)21-8-6-20(7-9-21)19-34(2)3/h10,15,17-18,20-21,23-24,35H,4-9,11-14,16,19H2,1-3H3,(H2,29,31,32,33)/t20?,21?,23-,24-. The van der Waals surface area contributed by atoms with Gasteiger partial charge >= 0.3 is 0 Å². The van der Waals surface area contributed by atoms with E-state index in [4.69, 9.17) is 9.97 Å². The van der Waals surface area contributed by atoms with E-state index >= 15 is 0 Å². The van der Waals surface area contributed by atoms with E-state index in [2.05, 4.69) is 59.9 Å². The SMILES string of the molecule is CCCCNc1ncc(-c2ccc(C3CCC(CN(C)C)CC3)cn2)c(N[C@H]2CC[C@H](O)CC2)n1. The van der Waals surface area contributed by atoms with Gasteiger partial charge in [-0.15, -0.1) is 0 Å². The molecule has 2 fully saturated rings. The van der Waals surface area contributed by atoms with Crippen LogP contribution in [0.5, 0.6) is 0 Å². The lowest BCUT2D eigenvalue weighted by molar-refractivity contribution is 0.126. The minimum absolute atomic E-state index is 0.170. The van der Waals surface area contributed by atoms with Gasteiger partial charge in [0.1, 0.15) is 5.82 Å². The minimum atomic E-state index is -0.170. The first-order valence-corrected chi connectivity index (χ1v) is 13.7. The first-order chi connectivity index (χ1) is 17.0. The summed E-state index contributed by atoms with van der Waals surface area (Å²) < 4.78 is 0. The molecule has 2 saturated carbocycles. The number of hydrogen-bond acceptors (Lipinski definition) is 7. The van der Waals surface area contributed by atoms with Crippen molar-refractivity contribution in [3.05, 3.63) is 30.1 Å². The fourth-order valence-electron chi connectivity index (χ4n) is 5.56. The molecule has 0 radical (unpaired) electrons. The highest BCUT2D eigenvalue weighted by Crippen LogP contribution is 2.36. The normalized spacial score (nSPS) is 24.9. The largest absolute Gasteiger partial charge is 0.393 e. The summed E-state index contributed by atoms with van der Waals surface area (Å²) in [4.78, 5) is 16.6. The number of aliphatic hydroxyl groups excluding tert-OH is 1. The van der Waals surface area contributed by atoms with Gasteiger partial charge in [0.05, 0.1) is 17.4 Å². The van der Waals surface area contributed by atoms with E-state index < -0.39 is 0 Å². The Labute approximate surface area is 211 Å². The highest BCUT2D eigenvalue weighted by atomic mass is 16.3. The molecule has 0 aliphatic heterocycles. The van der Waals surface area contributed by atoms with Crippen molar-refractivity contribution in [2.24, 2.45) is 5.92 Å². The fraction of sp³-hybridized carbons (Fsp3) is 0.679. The molecule has 7 nitrogen and oxygen atoms in total. The molecule has 2 aliphatic rings. The van der Waals surface area contributed by atoms with Crippen LogP contribution in [0.3, 0.4) is 0 Å². The van der Waals surface area contributed by atoms with Gasteiger partial charge in [-0.1, -0.05) is 19.4 Å². The van der Waals surface area contributed by atoms with Crippen LogP contribution in [0.2, 0.25) is 0 Å². The second kappa shape index (κ2) is 12.6. The first-order valence-electron chi connectivity index (χ1n) is 13.7. The third-order valence-electron chi connectivity index (χ3n) is 7.64. The third-order valence-corrected chi connectivity index (χ3v) is 7.64. The summed E-state index contributed by atoms with van der Waals surface area (Å²) >= 11 is 0. The third kappa shape index (κ3) is 7.37. The molecule has 35 heavy (non-hydrogen) atoms. The van der Waals surface area contributed by atoms with E-state index in [9.17, 15) is 5.11 Å². The molecule has 0 saturated heterocycles. The Morgan fingerprint density at radius 3 is 2.40 bits per heavy atom. The Bertz CT molecular complexity index is 902. The van der Waals surface area contributed by atoms with Gasteiger partial charge in [-0.3, -0.25) is 4.98 Å². The summed E-state index contributed by atoms with van der Waals surface area (Å²) in [7, 11) is 4.35. The summed E-state index contributed by atoms with van der Waals surface area (Å²) in [6, 6.07) is 4.71.